The van der Waals surface area contributed by atoms with E-state index in [9.17, 15) is 5.11 Å². The first-order chi connectivity index (χ1) is 12.5. The lowest BCUT2D eigenvalue weighted by molar-refractivity contribution is -0.0843. The van der Waals surface area contributed by atoms with Crippen LogP contribution in [-0.2, 0) is 16.8 Å². The molecule has 0 unspecified atom stereocenters. The van der Waals surface area contributed by atoms with Crippen LogP contribution in [0.25, 0.3) is 0 Å². The number of benzene rings is 1. The molecule has 8 heteroatoms. The maximum Gasteiger partial charge on any atom is 0.278 e. The number of ether oxygens (including phenoxy) is 2. The van der Waals surface area contributed by atoms with Crippen molar-refractivity contribution in [2.24, 2.45) is 0 Å². The van der Waals surface area contributed by atoms with Crippen LogP contribution in [0, 0.1) is 0 Å². The molecule has 0 radical (unpaired) electrons. The number of aliphatic hydroxyl groups is 1. The standard InChI is InChI=1S/C18H21BrN2O4S/c1-20-17(26)25-21-6-5-18-4-3-10(22)7-14(18)24-16-13(23-2)8-12(19)11(9-21)15(16)18/h3-4,8,10,14,22H,5-7,9H2,1-2H3,(H,20,26)/t10-,14+,18+/m0/s1. The van der Waals surface area contributed by atoms with Crippen LogP contribution in [0.5, 0.6) is 11.5 Å². The van der Waals surface area contributed by atoms with E-state index in [1.165, 1.54) is 0 Å². The van der Waals surface area contributed by atoms with Gasteiger partial charge in [0.1, 0.15) is 6.10 Å². The maximum atomic E-state index is 10.1. The highest BCUT2D eigenvalue weighted by Gasteiger charge is 2.53. The van der Waals surface area contributed by atoms with Gasteiger partial charge in [0.2, 0.25) is 0 Å². The number of nitrogens with zero attached hydrogens (tertiary/aromatic N) is 1. The highest BCUT2D eigenvalue weighted by Crippen LogP contribution is 2.57. The number of aliphatic hydroxyl groups excluding tert-OH is 1. The van der Waals surface area contributed by atoms with Crippen molar-refractivity contribution in [1.82, 2.24) is 10.4 Å². The van der Waals surface area contributed by atoms with Gasteiger partial charge in [0, 0.05) is 30.0 Å². The summed E-state index contributed by atoms with van der Waals surface area (Å²) in [6, 6.07) is 1.93. The van der Waals surface area contributed by atoms with Crippen molar-refractivity contribution >= 4 is 33.3 Å². The molecule has 2 N–H and O–H groups in total. The second-order valence-electron chi connectivity index (χ2n) is 6.79. The van der Waals surface area contributed by atoms with Crippen LogP contribution < -0.4 is 14.8 Å². The Morgan fingerprint density at radius 2 is 2.35 bits per heavy atom. The molecule has 1 aliphatic carbocycles. The van der Waals surface area contributed by atoms with Crippen molar-refractivity contribution in [2.45, 2.75) is 37.0 Å². The second-order valence-corrected chi connectivity index (χ2v) is 8.02. The molecule has 1 aromatic carbocycles. The molecule has 0 fully saturated rings. The third kappa shape index (κ3) is 2.70. The molecule has 2 heterocycles. The van der Waals surface area contributed by atoms with Crippen molar-refractivity contribution in [3.8, 4) is 11.5 Å². The molecular weight excluding hydrogens is 420 g/mol. The van der Waals surface area contributed by atoms with Crippen LogP contribution in [0.1, 0.15) is 24.0 Å². The number of methoxy groups -OCH3 is 1. The van der Waals surface area contributed by atoms with Gasteiger partial charge in [0.05, 0.1) is 25.2 Å². The topological polar surface area (TPSA) is 63.2 Å². The summed E-state index contributed by atoms with van der Waals surface area (Å²) >= 11 is 8.86. The number of hydrogen-bond acceptors (Lipinski definition) is 6. The van der Waals surface area contributed by atoms with Gasteiger partial charge in [-0.3, -0.25) is 0 Å². The number of halogens is 1. The summed E-state index contributed by atoms with van der Waals surface area (Å²) < 4.78 is 12.8. The Balaban J connectivity index is 1.85. The zero-order valence-electron chi connectivity index (χ0n) is 14.6. The van der Waals surface area contributed by atoms with Crippen molar-refractivity contribution in [2.75, 3.05) is 20.7 Å². The van der Waals surface area contributed by atoms with Crippen LogP contribution in [-0.4, -0.2) is 48.3 Å². The maximum absolute atomic E-state index is 10.1. The summed E-state index contributed by atoms with van der Waals surface area (Å²) in [4.78, 5) is 5.79. The van der Waals surface area contributed by atoms with E-state index < -0.39 is 6.10 Å². The third-order valence-corrected chi connectivity index (χ3v) is 6.40. The van der Waals surface area contributed by atoms with Gasteiger partial charge in [-0.05, 0) is 30.3 Å². The minimum Gasteiger partial charge on any atom is -0.493 e. The van der Waals surface area contributed by atoms with Crippen molar-refractivity contribution in [3.63, 3.8) is 0 Å². The molecule has 0 saturated heterocycles. The molecule has 0 bridgehead atoms. The van der Waals surface area contributed by atoms with Crippen LogP contribution in [0.15, 0.2) is 22.7 Å². The molecule has 0 amide bonds. The summed E-state index contributed by atoms with van der Waals surface area (Å²) in [5.74, 6) is 1.47. The van der Waals surface area contributed by atoms with Gasteiger partial charge in [-0.2, -0.15) is 0 Å². The first kappa shape index (κ1) is 18.0. The Labute approximate surface area is 166 Å². The van der Waals surface area contributed by atoms with Gasteiger partial charge in [0.15, 0.2) is 11.5 Å². The summed E-state index contributed by atoms with van der Waals surface area (Å²) in [5.41, 5.74) is 1.92. The van der Waals surface area contributed by atoms with E-state index in [1.54, 1.807) is 14.2 Å². The van der Waals surface area contributed by atoms with E-state index >= 15 is 0 Å². The Hall–Kier alpha value is -1.35. The third-order valence-electron chi connectivity index (χ3n) is 5.42. The molecule has 3 atom stereocenters. The van der Waals surface area contributed by atoms with Crippen molar-refractivity contribution < 1.29 is 19.4 Å². The molecule has 0 aromatic heterocycles. The molecule has 6 nitrogen and oxygen atoms in total. The van der Waals surface area contributed by atoms with Crippen LogP contribution in [0.2, 0.25) is 0 Å². The highest BCUT2D eigenvalue weighted by atomic mass is 79.9. The number of nitrogens with one attached hydrogen (secondary N) is 1. The number of hydroxylamine groups is 2. The zero-order valence-corrected chi connectivity index (χ0v) is 17.0. The Morgan fingerprint density at radius 3 is 3.08 bits per heavy atom. The minimum atomic E-state index is -0.495. The Kier molecular flexibility index (Phi) is 4.63. The molecule has 3 aliphatic rings. The van der Waals surface area contributed by atoms with Crippen molar-refractivity contribution in [3.05, 3.63) is 33.8 Å². The van der Waals surface area contributed by atoms with Gasteiger partial charge in [0.25, 0.3) is 5.17 Å². The smallest absolute Gasteiger partial charge is 0.278 e. The minimum absolute atomic E-state index is 0.129. The largest absolute Gasteiger partial charge is 0.493 e. The lowest BCUT2D eigenvalue weighted by atomic mass is 9.69. The first-order valence-corrected chi connectivity index (χ1v) is 9.77. The van der Waals surface area contributed by atoms with Gasteiger partial charge in [-0.25, -0.2) is 0 Å². The van der Waals surface area contributed by atoms with Gasteiger partial charge < -0.3 is 24.7 Å². The van der Waals surface area contributed by atoms with Gasteiger partial charge >= 0.3 is 0 Å². The molecule has 26 heavy (non-hydrogen) atoms. The summed E-state index contributed by atoms with van der Waals surface area (Å²) in [6.45, 7) is 1.26. The molecule has 140 valence electrons. The van der Waals surface area contributed by atoms with Gasteiger partial charge in [-0.15, -0.1) is 5.06 Å². The molecule has 1 spiro atoms. The highest BCUT2D eigenvalue weighted by molar-refractivity contribution is 9.10. The second kappa shape index (κ2) is 6.67. The van der Waals surface area contributed by atoms with Gasteiger partial charge in [-0.1, -0.05) is 28.1 Å². The van der Waals surface area contributed by atoms with Crippen molar-refractivity contribution in [1.29, 1.82) is 0 Å². The molecule has 4 rings (SSSR count). The van der Waals surface area contributed by atoms with E-state index in [0.717, 1.165) is 27.8 Å². The summed E-state index contributed by atoms with van der Waals surface area (Å²) in [7, 11) is 3.39. The average Bonchev–Trinajstić information content (AvgIpc) is 2.86. The van der Waals surface area contributed by atoms with Crippen LogP contribution in [0.3, 0.4) is 0 Å². The fraction of sp³-hybridized carbons (Fsp3) is 0.500. The molecular formula is C18H21BrN2O4S. The number of thiocarbonyl (C=S) groups is 1. The quantitative estimate of drug-likeness (QED) is 0.540. The summed E-state index contributed by atoms with van der Waals surface area (Å²) in [6.07, 6.45) is 4.71. The monoisotopic (exact) mass is 440 g/mol. The SMILES string of the molecule is CNC(=S)ON1CC[C@]23C=C[C@H](O)C[C@H]2Oc2c(OC)cc(Br)c(c23)C1. The van der Waals surface area contributed by atoms with Crippen LogP contribution in [0.4, 0.5) is 0 Å². The molecule has 1 aromatic rings. The van der Waals surface area contributed by atoms with E-state index in [-0.39, 0.29) is 11.5 Å². The zero-order chi connectivity index (χ0) is 18.5. The Bertz CT molecular complexity index is 787. The van der Waals surface area contributed by atoms with Crippen LogP contribution >= 0.6 is 28.1 Å². The fourth-order valence-electron chi connectivity index (χ4n) is 4.18. The first-order valence-electron chi connectivity index (χ1n) is 8.57. The van der Waals surface area contributed by atoms with E-state index in [0.29, 0.717) is 30.4 Å². The summed E-state index contributed by atoms with van der Waals surface area (Å²) in [5, 5.41) is 15.2. The van der Waals surface area contributed by atoms with E-state index in [4.69, 9.17) is 26.5 Å². The predicted octanol–water partition coefficient (Wildman–Crippen LogP) is 2.42. The number of hydrogen-bond donors (Lipinski definition) is 2. The molecule has 0 saturated carbocycles. The average molecular weight is 441 g/mol. The lowest BCUT2D eigenvalue weighted by Crippen LogP contribution is -2.43. The normalized spacial score (nSPS) is 29.2. The predicted molar refractivity (Wildman–Crippen MR) is 104 cm³/mol. The number of rotatable bonds is 2. The van der Waals surface area contributed by atoms with E-state index in [2.05, 4.69) is 27.3 Å². The lowest BCUT2D eigenvalue weighted by Gasteiger charge is -2.35. The fourth-order valence-corrected chi connectivity index (χ4v) is 4.81. The van der Waals surface area contributed by atoms with E-state index in [1.807, 2.05) is 17.2 Å². The Morgan fingerprint density at radius 1 is 1.54 bits per heavy atom. The molecule has 2 aliphatic heterocycles.